The minimum atomic E-state index is -0.646. The number of hydroxylamine groups is 1. The van der Waals surface area contributed by atoms with Crippen LogP contribution in [0.5, 0.6) is 0 Å². The maximum Gasteiger partial charge on any atom is 0.243 e. The topological polar surface area (TPSA) is 141 Å². The summed E-state index contributed by atoms with van der Waals surface area (Å²) >= 11 is 0. The van der Waals surface area contributed by atoms with E-state index in [0.717, 1.165) is 58.2 Å². The average molecular weight is 724 g/mol. The van der Waals surface area contributed by atoms with E-state index in [4.69, 9.17) is 14.7 Å². The minimum absolute atomic E-state index is 0.0143. The molecule has 282 valence electrons. The van der Waals surface area contributed by atoms with Gasteiger partial charge in [0.15, 0.2) is 6.29 Å². The van der Waals surface area contributed by atoms with Crippen LogP contribution < -0.4 is 10.8 Å². The summed E-state index contributed by atoms with van der Waals surface area (Å²) in [5, 5.41) is 32.3. The van der Waals surface area contributed by atoms with Crippen LogP contribution in [0.25, 0.3) is 11.1 Å². The van der Waals surface area contributed by atoms with Crippen LogP contribution >= 0.6 is 0 Å². The van der Waals surface area contributed by atoms with Crippen molar-refractivity contribution in [2.24, 2.45) is 0 Å². The number of carbonyl (C=O) groups is 2. The molecule has 0 aromatic heterocycles. The number of amides is 2. The molecule has 1 aliphatic heterocycles. The smallest absolute Gasteiger partial charge is 0.243 e. The van der Waals surface area contributed by atoms with E-state index in [2.05, 4.69) is 28.4 Å². The van der Waals surface area contributed by atoms with Gasteiger partial charge in [-0.3, -0.25) is 19.7 Å². The summed E-state index contributed by atoms with van der Waals surface area (Å²) in [6.45, 7) is 3.00. The first-order valence-electron chi connectivity index (χ1n) is 18.6. The van der Waals surface area contributed by atoms with Crippen molar-refractivity contribution in [3.05, 3.63) is 131 Å². The molecule has 5 atom stereocenters. The van der Waals surface area contributed by atoms with E-state index in [1.54, 1.807) is 5.48 Å². The molecular weight excluding hydrogens is 670 g/mol. The third-order valence-electron chi connectivity index (χ3n) is 10.1. The molecular formula is C43H53N3O7. The van der Waals surface area contributed by atoms with Crippen LogP contribution in [-0.4, -0.2) is 57.9 Å². The zero-order valence-corrected chi connectivity index (χ0v) is 30.7. The Bertz CT molecular complexity index is 1720. The standard InChI is InChI=1S/C43H53N3O7/c1-30(42(50)34-12-6-5-7-13-34)46(2)28-37-26-39(33-20-18-31(29-47)19-21-33)53-43(52-37)35-24-22-32(23-25-35)38-15-11-10-14-36(38)27-44-40(48)16-8-3-4-9-17-41(49)45-51/h5-7,10-15,18-25,30,37,39,42-43,47,50-51H,3-4,8-9,16-17,26-29H2,1-2H3,(H,44,48)(H,45,49)/t30-,37+,39-,42-,43-/m1/s1. The van der Waals surface area contributed by atoms with Crippen LogP contribution in [0.2, 0.25) is 0 Å². The molecule has 5 rings (SSSR count). The van der Waals surface area contributed by atoms with Crippen molar-refractivity contribution in [1.82, 2.24) is 15.7 Å². The molecule has 5 N–H and O–H groups in total. The number of likely N-dealkylation sites (N-methyl/N-ethyl adjacent to an activating group) is 1. The molecule has 0 spiro atoms. The normalized spacial score (nSPS) is 18.3. The molecule has 0 bridgehead atoms. The van der Waals surface area contributed by atoms with E-state index >= 15 is 0 Å². The zero-order chi connectivity index (χ0) is 37.6. The minimum Gasteiger partial charge on any atom is -0.392 e. The number of hydrogen-bond donors (Lipinski definition) is 5. The fourth-order valence-electron chi connectivity index (χ4n) is 6.73. The number of benzene rings is 4. The van der Waals surface area contributed by atoms with Crippen LogP contribution in [0.1, 0.15) is 98.2 Å². The van der Waals surface area contributed by atoms with Gasteiger partial charge in [-0.25, -0.2) is 5.48 Å². The Balaban J connectivity index is 1.24. The van der Waals surface area contributed by atoms with Crippen molar-refractivity contribution in [3.8, 4) is 11.1 Å². The van der Waals surface area contributed by atoms with Crippen molar-refractivity contribution < 1.29 is 34.5 Å². The average Bonchev–Trinajstić information content (AvgIpc) is 3.21. The molecule has 2 amide bonds. The van der Waals surface area contributed by atoms with Crippen molar-refractivity contribution in [2.75, 3.05) is 13.6 Å². The van der Waals surface area contributed by atoms with E-state index in [-0.39, 0.29) is 43.1 Å². The highest BCUT2D eigenvalue weighted by atomic mass is 16.7. The first kappa shape index (κ1) is 39.8. The van der Waals surface area contributed by atoms with Gasteiger partial charge in [0, 0.05) is 44.0 Å². The Morgan fingerprint density at radius 1 is 0.811 bits per heavy atom. The third-order valence-corrected chi connectivity index (χ3v) is 10.1. The highest BCUT2D eigenvalue weighted by Crippen LogP contribution is 2.39. The Morgan fingerprint density at radius 3 is 2.13 bits per heavy atom. The Hall–Kier alpha value is -4.42. The molecule has 0 saturated carbocycles. The Morgan fingerprint density at radius 2 is 1.45 bits per heavy atom. The summed E-state index contributed by atoms with van der Waals surface area (Å²) in [7, 11) is 2.01. The number of carbonyl (C=O) groups excluding carboxylic acids is 2. The Kier molecular flexibility index (Phi) is 15.1. The van der Waals surface area contributed by atoms with Gasteiger partial charge < -0.3 is 25.0 Å². The quantitative estimate of drug-likeness (QED) is 0.0424. The van der Waals surface area contributed by atoms with Gasteiger partial charge in [0.2, 0.25) is 11.8 Å². The van der Waals surface area contributed by atoms with E-state index in [9.17, 15) is 19.8 Å². The number of hydrogen-bond acceptors (Lipinski definition) is 8. The van der Waals surface area contributed by atoms with Gasteiger partial charge in [0.05, 0.1) is 24.9 Å². The predicted molar refractivity (Wildman–Crippen MR) is 203 cm³/mol. The van der Waals surface area contributed by atoms with E-state index in [1.165, 1.54) is 0 Å². The highest BCUT2D eigenvalue weighted by Gasteiger charge is 2.34. The van der Waals surface area contributed by atoms with Crippen LogP contribution in [-0.2, 0) is 32.2 Å². The van der Waals surface area contributed by atoms with Gasteiger partial charge in [-0.15, -0.1) is 0 Å². The fourth-order valence-corrected chi connectivity index (χ4v) is 6.73. The van der Waals surface area contributed by atoms with Gasteiger partial charge in [0.1, 0.15) is 0 Å². The monoisotopic (exact) mass is 723 g/mol. The zero-order valence-electron chi connectivity index (χ0n) is 30.7. The van der Waals surface area contributed by atoms with Crippen LogP contribution in [0, 0.1) is 0 Å². The molecule has 1 aliphatic rings. The molecule has 0 unspecified atom stereocenters. The summed E-state index contributed by atoms with van der Waals surface area (Å²) < 4.78 is 13.2. The molecule has 4 aromatic carbocycles. The second kappa shape index (κ2) is 20.1. The molecule has 1 saturated heterocycles. The Labute approximate surface area is 312 Å². The maximum atomic E-state index is 12.6. The third kappa shape index (κ3) is 11.5. The summed E-state index contributed by atoms with van der Waals surface area (Å²) in [5.74, 6) is -0.402. The van der Waals surface area contributed by atoms with Gasteiger partial charge >= 0.3 is 0 Å². The van der Waals surface area contributed by atoms with E-state index in [1.807, 2.05) is 98.9 Å². The van der Waals surface area contributed by atoms with Crippen LogP contribution in [0.15, 0.2) is 103 Å². The molecule has 53 heavy (non-hydrogen) atoms. The first-order valence-corrected chi connectivity index (χ1v) is 18.6. The second-order valence-corrected chi connectivity index (χ2v) is 13.9. The summed E-state index contributed by atoms with van der Waals surface area (Å²) in [6, 6.07) is 33.6. The lowest BCUT2D eigenvalue weighted by atomic mass is 9.97. The lowest BCUT2D eigenvalue weighted by Crippen LogP contribution is -2.43. The van der Waals surface area contributed by atoms with Crippen molar-refractivity contribution >= 4 is 11.8 Å². The fraction of sp³-hybridized carbons (Fsp3) is 0.395. The highest BCUT2D eigenvalue weighted by molar-refractivity contribution is 5.76. The molecule has 1 fully saturated rings. The number of aliphatic hydroxyl groups is 2. The molecule has 4 aromatic rings. The predicted octanol–water partition coefficient (Wildman–Crippen LogP) is 6.91. The molecule has 0 aliphatic carbocycles. The van der Waals surface area contributed by atoms with Crippen LogP contribution in [0.3, 0.4) is 0 Å². The summed E-state index contributed by atoms with van der Waals surface area (Å²) in [4.78, 5) is 25.9. The lowest BCUT2D eigenvalue weighted by Gasteiger charge is -2.39. The lowest BCUT2D eigenvalue weighted by molar-refractivity contribution is -0.253. The summed E-state index contributed by atoms with van der Waals surface area (Å²) in [6.07, 6.45) is 2.74. The van der Waals surface area contributed by atoms with Crippen molar-refractivity contribution in [2.45, 2.75) is 95.7 Å². The largest absolute Gasteiger partial charge is 0.392 e. The van der Waals surface area contributed by atoms with Gasteiger partial charge in [-0.05, 0) is 60.2 Å². The molecule has 0 radical (unpaired) electrons. The number of aliphatic hydroxyl groups excluding tert-OH is 2. The maximum absolute atomic E-state index is 12.6. The number of unbranched alkanes of at least 4 members (excludes halogenated alkanes) is 3. The van der Waals surface area contributed by atoms with Gasteiger partial charge in [0.25, 0.3) is 0 Å². The van der Waals surface area contributed by atoms with E-state index in [0.29, 0.717) is 32.4 Å². The SMILES string of the molecule is C[C@H]([C@@H](O)c1ccccc1)N(C)C[C@@H]1C[C@H](c2ccc(CO)cc2)O[C@H](c2ccc(-c3ccccc3CNC(=O)CCCCCCC(=O)NO)cc2)O1. The first-order chi connectivity index (χ1) is 25.7. The van der Waals surface area contributed by atoms with Gasteiger partial charge in [-0.2, -0.15) is 0 Å². The van der Waals surface area contributed by atoms with Crippen LogP contribution in [0.4, 0.5) is 0 Å². The number of rotatable bonds is 18. The number of nitrogens with one attached hydrogen (secondary N) is 2. The number of nitrogens with zero attached hydrogens (tertiary/aromatic N) is 1. The summed E-state index contributed by atoms with van der Waals surface area (Å²) in [5.41, 5.74) is 8.30. The van der Waals surface area contributed by atoms with Crippen molar-refractivity contribution in [1.29, 1.82) is 0 Å². The number of ether oxygens (including phenoxy) is 2. The molecule has 1 heterocycles. The van der Waals surface area contributed by atoms with Gasteiger partial charge in [-0.1, -0.05) is 116 Å². The van der Waals surface area contributed by atoms with E-state index < -0.39 is 12.4 Å². The molecule has 10 heteroatoms. The second-order valence-electron chi connectivity index (χ2n) is 13.9. The molecule has 10 nitrogen and oxygen atoms in total. The van der Waals surface area contributed by atoms with Crippen molar-refractivity contribution in [3.63, 3.8) is 0 Å².